The minimum atomic E-state index is -0.248. The average Bonchev–Trinajstić information content (AvgIpc) is 2.70. The summed E-state index contributed by atoms with van der Waals surface area (Å²) in [5.41, 5.74) is 0. The Morgan fingerprint density at radius 2 is 1.85 bits per heavy atom. The van der Waals surface area contributed by atoms with Crippen molar-refractivity contribution in [1.82, 2.24) is 15.5 Å². The van der Waals surface area contributed by atoms with Gasteiger partial charge in [-0.2, -0.15) is 0 Å². The maximum atomic E-state index is 12.9. The van der Waals surface area contributed by atoms with E-state index in [9.17, 15) is 9.18 Å². The molecular weight excluding hydrogens is 345 g/mol. The largest absolute Gasteiger partial charge is 0.492 e. The maximum absolute atomic E-state index is 12.9. The van der Waals surface area contributed by atoms with Gasteiger partial charge in [-0.1, -0.05) is 0 Å². The molecule has 0 unspecified atom stereocenters. The molecule has 0 spiro atoms. The molecule has 2 saturated heterocycles. The Bertz CT molecular complexity index is 567. The van der Waals surface area contributed by atoms with Gasteiger partial charge in [0.1, 0.15) is 18.2 Å². The molecule has 3 rings (SSSR count). The smallest absolute Gasteiger partial charge is 0.220 e. The number of halogens is 1. The molecule has 2 aliphatic rings. The molecule has 150 valence electrons. The summed E-state index contributed by atoms with van der Waals surface area (Å²) >= 11 is 0. The number of carbonyl (C=O) groups excluding carboxylic acids is 1. The van der Waals surface area contributed by atoms with Gasteiger partial charge in [0, 0.05) is 32.1 Å². The van der Waals surface area contributed by atoms with Crippen molar-refractivity contribution in [3.63, 3.8) is 0 Å². The van der Waals surface area contributed by atoms with E-state index in [0.29, 0.717) is 30.7 Å². The van der Waals surface area contributed by atoms with Crippen LogP contribution < -0.4 is 15.4 Å². The SMILES string of the molecule is O=C(CCC1CCNCC1)NC1CCN(CCOc2ccc(F)cc2)CC1. The summed E-state index contributed by atoms with van der Waals surface area (Å²) in [5.74, 6) is 1.38. The van der Waals surface area contributed by atoms with Crippen LogP contribution in [0.3, 0.4) is 0 Å². The summed E-state index contributed by atoms with van der Waals surface area (Å²) in [6, 6.07) is 6.44. The van der Waals surface area contributed by atoms with Crippen molar-refractivity contribution in [2.75, 3.05) is 39.3 Å². The van der Waals surface area contributed by atoms with Gasteiger partial charge in [0.2, 0.25) is 5.91 Å². The van der Waals surface area contributed by atoms with E-state index in [4.69, 9.17) is 4.74 Å². The lowest BCUT2D eigenvalue weighted by atomic mass is 9.93. The highest BCUT2D eigenvalue weighted by molar-refractivity contribution is 5.76. The maximum Gasteiger partial charge on any atom is 0.220 e. The zero-order valence-corrected chi connectivity index (χ0v) is 16.1. The van der Waals surface area contributed by atoms with Crippen LogP contribution in [0.1, 0.15) is 38.5 Å². The van der Waals surface area contributed by atoms with E-state index in [2.05, 4.69) is 15.5 Å². The van der Waals surface area contributed by atoms with Crippen molar-refractivity contribution < 1.29 is 13.9 Å². The van der Waals surface area contributed by atoms with Crippen LogP contribution >= 0.6 is 0 Å². The van der Waals surface area contributed by atoms with Crippen molar-refractivity contribution in [3.8, 4) is 5.75 Å². The Kier molecular flexibility index (Phi) is 7.90. The standard InChI is InChI=1S/C21H32FN3O2/c22-18-2-4-20(5-3-18)27-16-15-25-13-9-19(10-14-25)24-21(26)6-1-17-7-11-23-12-8-17/h2-5,17,19,23H,1,6-16H2,(H,24,26). The van der Waals surface area contributed by atoms with E-state index >= 15 is 0 Å². The molecule has 2 aliphatic heterocycles. The van der Waals surface area contributed by atoms with Crippen LogP contribution in [0, 0.1) is 11.7 Å². The molecule has 0 aliphatic carbocycles. The number of hydrogen-bond acceptors (Lipinski definition) is 4. The third-order valence-electron chi connectivity index (χ3n) is 5.68. The first-order valence-electron chi connectivity index (χ1n) is 10.3. The van der Waals surface area contributed by atoms with Crippen molar-refractivity contribution in [1.29, 1.82) is 0 Å². The minimum absolute atomic E-state index is 0.214. The number of ether oxygens (including phenoxy) is 1. The minimum Gasteiger partial charge on any atom is -0.492 e. The third kappa shape index (κ3) is 7.11. The molecule has 1 aromatic rings. The van der Waals surface area contributed by atoms with E-state index in [1.54, 1.807) is 12.1 Å². The molecule has 5 nitrogen and oxygen atoms in total. The van der Waals surface area contributed by atoms with Crippen LogP contribution in [0.15, 0.2) is 24.3 Å². The number of nitrogens with zero attached hydrogens (tertiary/aromatic N) is 1. The van der Waals surface area contributed by atoms with Gasteiger partial charge in [-0.15, -0.1) is 0 Å². The topological polar surface area (TPSA) is 53.6 Å². The van der Waals surface area contributed by atoms with Crippen molar-refractivity contribution in [3.05, 3.63) is 30.1 Å². The Labute approximate surface area is 161 Å². The number of likely N-dealkylation sites (tertiary alicyclic amines) is 1. The fraction of sp³-hybridized carbons (Fsp3) is 0.667. The molecule has 27 heavy (non-hydrogen) atoms. The number of rotatable bonds is 8. The van der Waals surface area contributed by atoms with Gasteiger partial charge in [-0.3, -0.25) is 9.69 Å². The van der Waals surface area contributed by atoms with Crippen LogP contribution in [0.25, 0.3) is 0 Å². The molecule has 1 aromatic carbocycles. The highest BCUT2D eigenvalue weighted by Gasteiger charge is 2.21. The highest BCUT2D eigenvalue weighted by atomic mass is 19.1. The number of benzene rings is 1. The molecule has 0 radical (unpaired) electrons. The second-order valence-electron chi connectivity index (χ2n) is 7.72. The molecule has 2 fully saturated rings. The van der Waals surface area contributed by atoms with Gasteiger partial charge < -0.3 is 15.4 Å². The monoisotopic (exact) mass is 377 g/mol. The Balaban J connectivity index is 1.26. The third-order valence-corrected chi connectivity index (χ3v) is 5.68. The predicted octanol–water partition coefficient (Wildman–Crippen LogP) is 2.56. The van der Waals surface area contributed by atoms with Crippen LogP contribution in [0.2, 0.25) is 0 Å². The normalized spacial score (nSPS) is 19.7. The molecule has 0 aromatic heterocycles. The van der Waals surface area contributed by atoms with Gasteiger partial charge in [0.05, 0.1) is 0 Å². The predicted molar refractivity (Wildman–Crippen MR) is 104 cm³/mol. The molecule has 0 atom stereocenters. The molecule has 2 N–H and O–H groups in total. The van der Waals surface area contributed by atoms with Crippen molar-refractivity contribution >= 4 is 5.91 Å². The molecule has 1 amide bonds. The summed E-state index contributed by atoms with van der Waals surface area (Å²) in [5, 5.41) is 6.59. The summed E-state index contributed by atoms with van der Waals surface area (Å²) in [6.07, 6.45) is 6.08. The summed E-state index contributed by atoms with van der Waals surface area (Å²) < 4.78 is 18.5. The first kappa shape index (κ1) is 20.1. The van der Waals surface area contributed by atoms with Gasteiger partial charge >= 0.3 is 0 Å². The quantitative estimate of drug-likeness (QED) is 0.731. The number of piperidine rings is 2. The van der Waals surface area contributed by atoms with Gasteiger partial charge in [-0.05, 0) is 75.4 Å². The highest BCUT2D eigenvalue weighted by Crippen LogP contribution is 2.18. The number of nitrogens with one attached hydrogen (secondary N) is 2. The average molecular weight is 378 g/mol. The molecule has 2 heterocycles. The number of carbonyl (C=O) groups is 1. The number of amides is 1. The van der Waals surface area contributed by atoms with E-state index < -0.39 is 0 Å². The summed E-state index contributed by atoms with van der Waals surface area (Å²) in [4.78, 5) is 14.6. The molecule has 6 heteroatoms. The molecule has 0 saturated carbocycles. The summed E-state index contributed by atoms with van der Waals surface area (Å²) in [6.45, 7) is 5.59. The van der Waals surface area contributed by atoms with Gasteiger partial charge in [0.15, 0.2) is 0 Å². The van der Waals surface area contributed by atoms with E-state index in [0.717, 1.165) is 52.0 Å². The van der Waals surface area contributed by atoms with Crippen LogP contribution in [-0.4, -0.2) is 56.2 Å². The Morgan fingerprint density at radius 3 is 2.56 bits per heavy atom. The molecular formula is C21H32FN3O2. The van der Waals surface area contributed by atoms with Crippen LogP contribution in [-0.2, 0) is 4.79 Å². The second-order valence-corrected chi connectivity index (χ2v) is 7.72. The lowest BCUT2D eigenvalue weighted by Crippen LogP contribution is -2.45. The van der Waals surface area contributed by atoms with Crippen molar-refractivity contribution in [2.45, 2.75) is 44.6 Å². The first-order chi connectivity index (χ1) is 13.2. The van der Waals surface area contributed by atoms with Gasteiger partial charge in [0.25, 0.3) is 0 Å². The Hall–Kier alpha value is -1.66. The second kappa shape index (κ2) is 10.6. The summed E-state index contributed by atoms with van der Waals surface area (Å²) in [7, 11) is 0. The first-order valence-corrected chi connectivity index (χ1v) is 10.3. The van der Waals surface area contributed by atoms with E-state index in [1.165, 1.54) is 25.0 Å². The van der Waals surface area contributed by atoms with Crippen LogP contribution in [0.4, 0.5) is 4.39 Å². The van der Waals surface area contributed by atoms with Crippen LogP contribution in [0.5, 0.6) is 5.75 Å². The fourth-order valence-electron chi connectivity index (χ4n) is 3.93. The lowest BCUT2D eigenvalue weighted by Gasteiger charge is -2.32. The Morgan fingerprint density at radius 1 is 1.15 bits per heavy atom. The number of hydrogen-bond donors (Lipinski definition) is 2. The zero-order valence-electron chi connectivity index (χ0n) is 16.1. The fourth-order valence-corrected chi connectivity index (χ4v) is 3.93. The van der Waals surface area contributed by atoms with Gasteiger partial charge in [-0.25, -0.2) is 4.39 Å². The molecule has 0 bridgehead atoms. The van der Waals surface area contributed by atoms with Crippen molar-refractivity contribution in [2.24, 2.45) is 5.92 Å². The zero-order chi connectivity index (χ0) is 18.9. The lowest BCUT2D eigenvalue weighted by molar-refractivity contribution is -0.122. The van der Waals surface area contributed by atoms with E-state index in [1.807, 2.05) is 0 Å². The van der Waals surface area contributed by atoms with E-state index in [-0.39, 0.29) is 11.7 Å².